The summed E-state index contributed by atoms with van der Waals surface area (Å²) >= 11 is 0. The summed E-state index contributed by atoms with van der Waals surface area (Å²) in [5, 5.41) is 41.3. The standard InChI is InChI=1S/C26H38O5/c1-6-9-22-23(14-13-20(17(5)27)24(22)28)31-15-8-10-18(7-2)21-12-11-19(16(3)4)25(29)26(21)30/h11-14,16-18,27-30H,6-10,15H2,1-5H3. The third-order valence-electron chi connectivity index (χ3n) is 5.94. The number of aliphatic hydroxyl groups is 1. The first-order valence-corrected chi connectivity index (χ1v) is 11.4. The molecule has 2 aromatic carbocycles. The predicted molar refractivity (Wildman–Crippen MR) is 124 cm³/mol. The van der Waals surface area contributed by atoms with Crippen molar-refractivity contribution in [2.24, 2.45) is 0 Å². The van der Waals surface area contributed by atoms with Gasteiger partial charge in [0.2, 0.25) is 0 Å². The van der Waals surface area contributed by atoms with Gasteiger partial charge in [-0.1, -0.05) is 46.2 Å². The third-order valence-corrected chi connectivity index (χ3v) is 5.94. The Hall–Kier alpha value is -2.40. The zero-order valence-electron chi connectivity index (χ0n) is 19.5. The van der Waals surface area contributed by atoms with E-state index in [4.69, 9.17) is 4.74 Å². The van der Waals surface area contributed by atoms with Crippen LogP contribution in [0, 0.1) is 0 Å². The van der Waals surface area contributed by atoms with Gasteiger partial charge in [0.15, 0.2) is 11.5 Å². The molecule has 0 heterocycles. The highest BCUT2D eigenvalue weighted by Gasteiger charge is 2.20. The maximum Gasteiger partial charge on any atom is 0.161 e. The average Bonchev–Trinajstić information content (AvgIpc) is 2.72. The molecule has 0 bridgehead atoms. The van der Waals surface area contributed by atoms with Crippen LogP contribution in [0.2, 0.25) is 0 Å². The minimum absolute atomic E-state index is 0.0113. The fraction of sp³-hybridized carbons (Fsp3) is 0.538. The fourth-order valence-corrected chi connectivity index (χ4v) is 4.10. The van der Waals surface area contributed by atoms with Crippen molar-refractivity contribution in [1.29, 1.82) is 0 Å². The molecule has 0 aliphatic rings. The van der Waals surface area contributed by atoms with Gasteiger partial charge in [-0.15, -0.1) is 0 Å². The zero-order valence-corrected chi connectivity index (χ0v) is 19.5. The molecule has 0 fully saturated rings. The lowest BCUT2D eigenvalue weighted by Gasteiger charge is -2.20. The van der Waals surface area contributed by atoms with E-state index >= 15 is 0 Å². The van der Waals surface area contributed by atoms with Crippen LogP contribution in [0.25, 0.3) is 0 Å². The highest BCUT2D eigenvalue weighted by Crippen LogP contribution is 2.42. The summed E-state index contributed by atoms with van der Waals surface area (Å²) in [6.45, 7) is 10.2. The van der Waals surface area contributed by atoms with E-state index in [0.717, 1.165) is 42.4 Å². The molecule has 4 N–H and O–H groups in total. The fourth-order valence-electron chi connectivity index (χ4n) is 4.10. The highest BCUT2D eigenvalue weighted by molar-refractivity contribution is 5.52. The van der Waals surface area contributed by atoms with Crippen molar-refractivity contribution in [3.8, 4) is 23.0 Å². The Kier molecular flexibility index (Phi) is 9.05. The number of phenols is 3. The van der Waals surface area contributed by atoms with Crippen LogP contribution in [-0.2, 0) is 6.42 Å². The maximum absolute atomic E-state index is 10.5. The van der Waals surface area contributed by atoms with Crippen molar-refractivity contribution < 1.29 is 25.2 Å². The lowest BCUT2D eigenvalue weighted by Crippen LogP contribution is -2.06. The summed E-state index contributed by atoms with van der Waals surface area (Å²) in [4.78, 5) is 0. The Morgan fingerprint density at radius 3 is 2.03 bits per heavy atom. The number of ether oxygens (including phenoxy) is 1. The summed E-state index contributed by atoms with van der Waals surface area (Å²) in [6.07, 6.45) is 3.23. The van der Waals surface area contributed by atoms with E-state index in [0.29, 0.717) is 24.3 Å². The molecule has 0 saturated heterocycles. The molecule has 31 heavy (non-hydrogen) atoms. The second-order valence-electron chi connectivity index (χ2n) is 8.60. The molecule has 172 valence electrons. The van der Waals surface area contributed by atoms with Crippen molar-refractivity contribution in [1.82, 2.24) is 0 Å². The largest absolute Gasteiger partial charge is 0.507 e. The number of aliphatic hydroxyl groups excluding tert-OH is 1. The second-order valence-corrected chi connectivity index (χ2v) is 8.60. The van der Waals surface area contributed by atoms with E-state index in [2.05, 4.69) is 6.92 Å². The molecule has 2 aromatic rings. The normalized spacial score (nSPS) is 13.4. The molecule has 0 amide bonds. The summed E-state index contributed by atoms with van der Waals surface area (Å²) in [7, 11) is 0. The lowest BCUT2D eigenvalue weighted by molar-refractivity contribution is 0.194. The molecular formula is C26H38O5. The minimum Gasteiger partial charge on any atom is -0.507 e. The van der Waals surface area contributed by atoms with E-state index in [1.54, 1.807) is 13.0 Å². The van der Waals surface area contributed by atoms with E-state index in [1.165, 1.54) is 0 Å². The quantitative estimate of drug-likeness (QED) is 0.249. The van der Waals surface area contributed by atoms with Gasteiger partial charge in [0, 0.05) is 22.3 Å². The average molecular weight is 431 g/mol. The van der Waals surface area contributed by atoms with Crippen molar-refractivity contribution in [3.63, 3.8) is 0 Å². The molecule has 2 atom stereocenters. The van der Waals surface area contributed by atoms with Crippen LogP contribution < -0.4 is 4.74 Å². The summed E-state index contributed by atoms with van der Waals surface area (Å²) in [5.41, 5.74) is 2.78. The zero-order chi connectivity index (χ0) is 23.1. The topological polar surface area (TPSA) is 90.2 Å². The number of phenolic OH excluding ortho intramolecular Hbond substituents is 3. The van der Waals surface area contributed by atoms with Gasteiger partial charge in [0.05, 0.1) is 12.7 Å². The molecule has 0 saturated carbocycles. The third kappa shape index (κ3) is 5.85. The number of aromatic hydroxyl groups is 3. The van der Waals surface area contributed by atoms with Crippen LogP contribution in [0.15, 0.2) is 24.3 Å². The lowest BCUT2D eigenvalue weighted by atomic mass is 9.88. The smallest absolute Gasteiger partial charge is 0.161 e. The van der Waals surface area contributed by atoms with Crippen molar-refractivity contribution in [2.75, 3.05) is 6.61 Å². The number of hydrogen-bond donors (Lipinski definition) is 4. The van der Waals surface area contributed by atoms with Gasteiger partial charge >= 0.3 is 0 Å². The Balaban J connectivity index is 2.06. The maximum atomic E-state index is 10.5. The van der Waals surface area contributed by atoms with Gasteiger partial charge in [-0.2, -0.15) is 0 Å². The van der Waals surface area contributed by atoms with Crippen molar-refractivity contribution >= 4 is 0 Å². The summed E-state index contributed by atoms with van der Waals surface area (Å²) < 4.78 is 5.99. The highest BCUT2D eigenvalue weighted by atomic mass is 16.5. The van der Waals surface area contributed by atoms with E-state index in [9.17, 15) is 20.4 Å². The molecule has 5 nitrogen and oxygen atoms in total. The van der Waals surface area contributed by atoms with Crippen molar-refractivity contribution in [3.05, 3.63) is 46.5 Å². The monoisotopic (exact) mass is 430 g/mol. The second kappa shape index (κ2) is 11.3. The molecular weight excluding hydrogens is 392 g/mol. The number of rotatable bonds is 11. The first-order valence-electron chi connectivity index (χ1n) is 11.4. The molecule has 0 aliphatic heterocycles. The predicted octanol–water partition coefficient (Wildman–Crippen LogP) is 6.29. The molecule has 2 unspecified atom stereocenters. The van der Waals surface area contributed by atoms with E-state index in [1.807, 2.05) is 39.0 Å². The van der Waals surface area contributed by atoms with Gasteiger partial charge in [0.25, 0.3) is 0 Å². The van der Waals surface area contributed by atoms with E-state index < -0.39 is 6.10 Å². The van der Waals surface area contributed by atoms with Gasteiger partial charge in [-0.3, -0.25) is 0 Å². The molecule has 0 radical (unpaired) electrons. The first-order chi connectivity index (χ1) is 14.7. The van der Waals surface area contributed by atoms with Gasteiger partial charge in [-0.05, 0) is 56.6 Å². The van der Waals surface area contributed by atoms with Crippen LogP contribution in [0.5, 0.6) is 23.0 Å². The Bertz CT molecular complexity index is 857. The SMILES string of the molecule is CCCc1c(OCCCC(CC)c2ccc(C(C)C)c(O)c2O)ccc(C(C)O)c1O. The Morgan fingerprint density at radius 1 is 0.839 bits per heavy atom. The molecule has 0 spiro atoms. The van der Waals surface area contributed by atoms with Crippen molar-refractivity contribution in [2.45, 2.75) is 84.7 Å². The summed E-state index contributed by atoms with van der Waals surface area (Å²) in [5.74, 6) is 1.01. The van der Waals surface area contributed by atoms with Gasteiger partial charge in [0.1, 0.15) is 11.5 Å². The van der Waals surface area contributed by atoms with Crippen LogP contribution in [0.1, 0.15) is 100 Å². The first kappa shape index (κ1) is 24.9. The van der Waals surface area contributed by atoms with Crippen LogP contribution in [-0.4, -0.2) is 27.0 Å². The number of benzene rings is 2. The minimum atomic E-state index is -0.735. The van der Waals surface area contributed by atoms with Crippen LogP contribution in [0.4, 0.5) is 0 Å². The van der Waals surface area contributed by atoms with E-state index in [-0.39, 0.29) is 29.1 Å². The molecule has 0 aromatic heterocycles. The van der Waals surface area contributed by atoms with Gasteiger partial charge < -0.3 is 25.2 Å². The molecule has 5 heteroatoms. The molecule has 0 aliphatic carbocycles. The van der Waals surface area contributed by atoms with Crippen LogP contribution in [0.3, 0.4) is 0 Å². The Morgan fingerprint density at radius 2 is 1.45 bits per heavy atom. The van der Waals surface area contributed by atoms with Gasteiger partial charge in [-0.25, -0.2) is 0 Å². The van der Waals surface area contributed by atoms with Crippen LogP contribution >= 0.6 is 0 Å². The Labute approximate surface area is 186 Å². The number of hydrogen-bond acceptors (Lipinski definition) is 5. The summed E-state index contributed by atoms with van der Waals surface area (Å²) in [6, 6.07) is 7.35. The molecule has 2 rings (SSSR count).